The van der Waals surface area contributed by atoms with Crippen molar-refractivity contribution in [1.29, 1.82) is 0 Å². The van der Waals surface area contributed by atoms with E-state index < -0.39 is 20.5 Å². The normalized spacial score (nSPS) is 25.9. The highest BCUT2D eigenvalue weighted by Crippen LogP contribution is 2.36. The molecule has 0 aliphatic carbocycles. The number of rotatable bonds is 3. The monoisotopic (exact) mass is 258 g/mol. The van der Waals surface area contributed by atoms with Gasteiger partial charge in [-0.2, -0.15) is 0 Å². The van der Waals surface area contributed by atoms with Crippen LogP contribution in [0.1, 0.15) is 20.8 Å². The molecule has 0 bridgehead atoms. The van der Waals surface area contributed by atoms with Crippen molar-refractivity contribution in [3.05, 3.63) is 12.3 Å². The van der Waals surface area contributed by atoms with Gasteiger partial charge in [0.2, 0.25) is 0 Å². The van der Waals surface area contributed by atoms with E-state index in [4.69, 9.17) is 9.16 Å². The van der Waals surface area contributed by atoms with Gasteiger partial charge in [-0.25, -0.2) is 0 Å². The lowest BCUT2D eigenvalue weighted by Gasteiger charge is -2.37. The second-order valence-corrected chi connectivity index (χ2v) is 10.7. The number of aliphatic hydroxyl groups excluding tert-OH is 1. The molecule has 1 heterocycles. The fourth-order valence-corrected chi connectivity index (χ4v) is 2.21. The molecule has 1 aliphatic heterocycles. The minimum Gasteiger partial charge on any atom is -0.492 e. The molecule has 0 aromatic carbocycles. The van der Waals surface area contributed by atoms with Crippen LogP contribution in [0.3, 0.4) is 0 Å². The van der Waals surface area contributed by atoms with E-state index in [1.54, 1.807) is 0 Å². The van der Waals surface area contributed by atoms with E-state index in [9.17, 15) is 9.90 Å². The Morgan fingerprint density at radius 1 is 1.47 bits per heavy atom. The zero-order valence-corrected chi connectivity index (χ0v) is 12.2. The number of ketones is 1. The van der Waals surface area contributed by atoms with Crippen LogP contribution in [0.5, 0.6) is 0 Å². The number of hydrogen-bond acceptors (Lipinski definition) is 4. The Morgan fingerprint density at radius 3 is 2.59 bits per heavy atom. The number of hydrogen-bond donors (Lipinski definition) is 1. The molecule has 0 aromatic heterocycles. The molecule has 5 heteroatoms. The second kappa shape index (κ2) is 4.92. The van der Waals surface area contributed by atoms with Crippen LogP contribution in [0.25, 0.3) is 0 Å². The van der Waals surface area contributed by atoms with Crippen LogP contribution in [0.4, 0.5) is 0 Å². The first-order valence-electron chi connectivity index (χ1n) is 5.83. The molecule has 17 heavy (non-hydrogen) atoms. The van der Waals surface area contributed by atoms with E-state index in [-0.39, 0.29) is 17.4 Å². The third kappa shape index (κ3) is 3.40. The van der Waals surface area contributed by atoms with Crippen molar-refractivity contribution in [3.8, 4) is 0 Å². The fraction of sp³-hybridized carbons (Fsp3) is 0.750. The van der Waals surface area contributed by atoms with Gasteiger partial charge in [0.15, 0.2) is 26.3 Å². The van der Waals surface area contributed by atoms with E-state index in [2.05, 4.69) is 33.9 Å². The predicted octanol–water partition coefficient (Wildman–Crippen LogP) is 1.85. The Balaban J connectivity index is 2.57. The third-order valence-electron chi connectivity index (χ3n) is 3.54. The van der Waals surface area contributed by atoms with Crippen LogP contribution in [0.2, 0.25) is 18.1 Å². The summed E-state index contributed by atoms with van der Waals surface area (Å²) in [4.78, 5) is 11.3. The van der Waals surface area contributed by atoms with Crippen molar-refractivity contribution in [3.63, 3.8) is 0 Å². The van der Waals surface area contributed by atoms with Gasteiger partial charge < -0.3 is 14.3 Å². The Labute approximate surface area is 104 Å². The highest BCUT2D eigenvalue weighted by molar-refractivity contribution is 6.74. The molecule has 4 nitrogen and oxygen atoms in total. The molecule has 2 unspecified atom stereocenters. The lowest BCUT2D eigenvalue weighted by molar-refractivity contribution is -0.132. The summed E-state index contributed by atoms with van der Waals surface area (Å²) in [7, 11) is -1.87. The highest BCUT2D eigenvalue weighted by Gasteiger charge is 2.39. The summed E-state index contributed by atoms with van der Waals surface area (Å²) in [6.45, 7) is 10.9. The summed E-state index contributed by atoms with van der Waals surface area (Å²) in [6.07, 6.45) is 0.883. The van der Waals surface area contributed by atoms with Crippen LogP contribution in [0, 0.1) is 0 Å². The van der Waals surface area contributed by atoms with Gasteiger partial charge in [-0.05, 0) is 18.1 Å². The van der Waals surface area contributed by atoms with E-state index in [0.717, 1.165) is 0 Å². The lowest BCUT2D eigenvalue weighted by Crippen LogP contribution is -2.47. The first kappa shape index (κ1) is 14.4. The SMILES string of the molecule is CC(C)(C)[Si](C)(C)OCC1OC=CC(=O)C1O. The molecule has 1 N–H and O–H groups in total. The number of carbonyl (C=O) groups excluding carboxylic acids is 1. The Bertz CT molecular complexity index is 317. The number of ether oxygens (including phenoxy) is 1. The van der Waals surface area contributed by atoms with Crippen LogP contribution in [-0.4, -0.2) is 38.0 Å². The standard InChI is InChI=1S/C12H22O4Si/c1-12(2,3)17(4,5)16-8-10-11(14)9(13)6-7-15-10/h6-7,10-11,14H,8H2,1-5H3. The Kier molecular flexibility index (Phi) is 4.17. The molecule has 98 valence electrons. The second-order valence-electron chi connectivity index (χ2n) is 5.90. The van der Waals surface area contributed by atoms with Gasteiger partial charge in [0.25, 0.3) is 0 Å². The lowest BCUT2D eigenvalue weighted by atomic mass is 10.1. The fourth-order valence-electron chi connectivity index (χ4n) is 1.20. The zero-order chi connectivity index (χ0) is 13.3. The first-order valence-corrected chi connectivity index (χ1v) is 8.74. The van der Waals surface area contributed by atoms with Crippen molar-refractivity contribution in [2.45, 2.75) is 51.1 Å². The van der Waals surface area contributed by atoms with Gasteiger partial charge in [0, 0.05) is 6.08 Å². The molecule has 0 aromatic rings. The van der Waals surface area contributed by atoms with Crippen LogP contribution >= 0.6 is 0 Å². The highest BCUT2D eigenvalue weighted by atomic mass is 28.4. The van der Waals surface area contributed by atoms with Gasteiger partial charge in [-0.3, -0.25) is 4.79 Å². The van der Waals surface area contributed by atoms with E-state index in [1.165, 1.54) is 12.3 Å². The molecule has 2 atom stereocenters. The molecule has 0 fully saturated rings. The summed E-state index contributed by atoms with van der Waals surface area (Å²) in [6, 6.07) is 0. The maximum absolute atomic E-state index is 11.3. The first-order chi connectivity index (χ1) is 7.65. The molecule has 1 aliphatic rings. The summed E-state index contributed by atoms with van der Waals surface area (Å²) in [5.41, 5.74) is 0. The van der Waals surface area contributed by atoms with Crippen LogP contribution < -0.4 is 0 Å². The molecular formula is C12H22O4Si. The van der Waals surface area contributed by atoms with Crippen molar-refractivity contribution >= 4 is 14.1 Å². The van der Waals surface area contributed by atoms with Gasteiger partial charge in [0.05, 0.1) is 12.9 Å². The van der Waals surface area contributed by atoms with Crippen molar-refractivity contribution in [2.24, 2.45) is 0 Å². The zero-order valence-electron chi connectivity index (χ0n) is 11.2. The molecule has 0 spiro atoms. The maximum Gasteiger partial charge on any atom is 0.192 e. The maximum atomic E-state index is 11.3. The Hall–Kier alpha value is -0.653. The van der Waals surface area contributed by atoms with E-state index in [1.807, 2.05) is 0 Å². The van der Waals surface area contributed by atoms with Crippen LogP contribution in [0.15, 0.2) is 12.3 Å². The predicted molar refractivity (Wildman–Crippen MR) is 68.2 cm³/mol. The summed E-state index contributed by atoms with van der Waals surface area (Å²) in [5, 5.41) is 9.75. The molecular weight excluding hydrogens is 236 g/mol. The largest absolute Gasteiger partial charge is 0.492 e. The van der Waals surface area contributed by atoms with Crippen molar-refractivity contribution < 1.29 is 19.1 Å². The summed E-state index contributed by atoms with van der Waals surface area (Å²) >= 11 is 0. The molecule has 0 saturated heterocycles. The van der Waals surface area contributed by atoms with E-state index >= 15 is 0 Å². The van der Waals surface area contributed by atoms with Crippen molar-refractivity contribution in [2.75, 3.05) is 6.61 Å². The summed E-state index contributed by atoms with van der Waals surface area (Å²) < 4.78 is 11.1. The van der Waals surface area contributed by atoms with Gasteiger partial charge in [-0.15, -0.1) is 0 Å². The van der Waals surface area contributed by atoms with Gasteiger partial charge >= 0.3 is 0 Å². The average Bonchev–Trinajstić information content (AvgIpc) is 2.18. The van der Waals surface area contributed by atoms with Crippen molar-refractivity contribution in [1.82, 2.24) is 0 Å². The molecule has 0 saturated carbocycles. The topological polar surface area (TPSA) is 55.8 Å². The summed E-state index contributed by atoms with van der Waals surface area (Å²) in [5.74, 6) is -0.319. The van der Waals surface area contributed by atoms with Crippen LogP contribution in [-0.2, 0) is 14.0 Å². The van der Waals surface area contributed by atoms with Gasteiger partial charge in [-0.1, -0.05) is 20.8 Å². The number of aliphatic hydroxyl groups is 1. The third-order valence-corrected chi connectivity index (χ3v) is 8.04. The molecule has 0 amide bonds. The minimum absolute atomic E-state index is 0.104. The Morgan fingerprint density at radius 2 is 2.06 bits per heavy atom. The molecule has 0 radical (unpaired) electrons. The number of carbonyl (C=O) groups is 1. The average molecular weight is 258 g/mol. The van der Waals surface area contributed by atoms with E-state index in [0.29, 0.717) is 0 Å². The quantitative estimate of drug-likeness (QED) is 0.785. The van der Waals surface area contributed by atoms with Gasteiger partial charge in [0.1, 0.15) is 0 Å². The minimum atomic E-state index is -1.87. The smallest absolute Gasteiger partial charge is 0.192 e. The molecule has 1 rings (SSSR count).